The summed E-state index contributed by atoms with van der Waals surface area (Å²) in [4.78, 5) is 0.311. The molecule has 2 aromatic carbocycles. The van der Waals surface area contributed by atoms with E-state index in [1.165, 1.54) is 4.31 Å². The van der Waals surface area contributed by atoms with Crippen molar-refractivity contribution in [3.63, 3.8) is 0 Å². The molecule has 0 saturated carbocycles. The normalized spacial score (nSPS) is 12.0. The van der Waals surface area contributed by atoms with E-state index < -0.39 is 10.0 Å². The maximum atomic E-state index is 12.5. The van der Waals surface area contributed by atoms with E-state index in [0.717, 1.165) is 22.6 Å². The van der Waals surface area contributed by atoms with Gasteiger partial charge in [0.25, 0.3) is 0 Å². The molecule has 1 N–H and O–H groups in total. The van der Waals surface area contributed by atoms with Gasteiger partial charge in [-0.3, -0.25) is 0 Å². The highest BCUT2D eigenvalue weighted by molar-refractivity contribution is 7.89. The summed E-state index contributed by atoms with van der Waals surface area (Å²) in [7, 11) is -1.84. The third kappa shape index (κ3) is 4.70. The molecule has 0 radical (unpaired) electrons. The first-order chi connectivity index (χ1) is 13.4. The lowest BCUT2D eigenvalue weighted by atomic mass is 10.2. The predicted octanol–water partition coefficient (Wildman–Crippen LogP) is 4.27. The van der Waals surface area contributed by atoms with Gasteiger partial charge in [0, 0.05) is 25.2 Å². The van der Waals surface area contributed by atoms with E-state index >= 15 is 0 Å². The highest BCUT2D eigenvalue weighted by Gasteiger charge is 2.22. The van der Waals surface area contributed by atoms with Crippen LogP contribution < -0.4 is 5.32 Å². The Labute approximate surface area is 167 Å². The van der Waals surface area contributed by atoms with Crippen molar-refractivity contribution < 1.29 is 12.8 Å². The van der Waals surface area contributed by atoms with Crippen LogP contribution in [0.15, 0.2) is 76.0 Å². The first-order valence-corrected chi connectivity index (χ1v) is 10.7. The van der Waals surface area contributed by atoms with E-state index in [4.69, 9.17) is 4.42 Å². The molecule has 148 valence electrons. The Morgan fingerprint density at radius 2 is 1.61 bits per heavy atom. The fourth-order valence-electron chi connectivity index (χ4n) is 2.78. The van der Waals surface area contributed by atoms with Gasteiger partial charge in [0.2, 0.25) is 10.0 Å². The number of furan rings is 1. The molecule has 0 aliphatic rings. The quantitative estimate of drug-likeness (QED) is 0.616. The van der Waals surface area contributed by atoms with Crippen molar-refractivity contribution in [2.24, 2.45) is 0 Å². The summed E-state index contributed by atoms with van der Waals surface area (Å²) in [6.07, 6.45) is 0. The Kier molecular flexibility index (Phi) is 6.34. The highest BCUT2D eigenvalue weighted by atomic mass is 32.2. The highest BCUT2D eigenvalue weighted by Crippen LogP contribution is 2.22. The summed E-state index contributed by atoms with van der Waals surface area (Å²) in [6.45, 7) is 4.94. The summed E-state index contributed by atoms with van der Waals surface area (Å²) < 4.78 is 32.3. The van der Waals surface area contributed by atoms with Gasteiger partial charge in [0.15, 0.2) is 0 Å². The van der Waals surface area contributed by atoms with Crippen LogP contribution in [-0.2, 0) is 23.1 Å². The van der Waals surface area contributed by atoms with Crippen LogP contribution in [0.5, 0.6) is 0 Å². The molecule has 3 aromatic rings. The van der Waals surface area contributed by atoms with Crippen molar-refractivity contribution in [2.75, 3.05) is 7.05 Å². The molecule has 28 heavy (non-hydrogen) atoms. The molecular formula is C22H26N2O3S. The molecule has 0 unspecified atom stereocenters. The van der Waals surface area contributed by atoms with Crippen molar-refractivity contribution in [1.29, 1.82) is 0 Å². The lowest BCUT2D eigenvalue weighted by Crippen LogP contribution is -2.33. The number of hydrogen-bond acceptors (Lipinski definition) is 4. The molecule has 0 saturated heterocycles. The Balaban J connectivity index is 1.57. The Hall–Kier alpha value is -2.41. The van der Waals surface area contributed by atoms with Crippen molar-refractivity contribution in [3.8, 4) is 11.3 Å². The molecule has 0 atom stereocenters. The summed E-state index contributed by atoms with van der Waals surface area (Å²) in [6, 6.07) is 20.8. The second-order valence-electron chi connectivity index (χ2n) is 6.99. The molecule has 0 bridgehead atoms. The number of hydrogen-bond donors (Lipinski definition) is 1. The van der Waals surface area contributed by atoms with E-state index in [0.29, 0.717) is 18.0 Å². The average Bonchev–Trinajstić information content (AvgIpc) is 3.17. The second-order valence-corrected chi connectivity index (χ2v) is 8.99. The largest absolute Gasteiger partial charge is 0.460 e. The van der Waals surface area contributed by atoms with Crippen LogP contribution in [0.3, 0.4) is 0 Å². The second kappa shape index (κ2) is 8.73. The van der Waals surface area contributed by atoms with Gasteiger partial charge in [-0.2, -0.15) is 4.31 Å². The molecule has 0 amide bonds. The maximum Gasteiger partial charge on any atom is 0.243 e. The third-order valence-corrected chi connectivity index (χ3v) is 6.72. The first kappa shape index (κ1) is 20.3. The van der Waals surface area contributed by atoms with Gasteiger partial charge in [0.05, 0.1) is 11.4 Å². The Morgan fingerprint density at radius 1 is 0.929 bits per heavy atom. The summed E-state index contributed by atoms with van der Waals surface area (Å²) >= 11 is 0. The van der Waals surface area contributed by atoms with E-state index in [1.807, 2.05) is 68.4 Å². The standard InChI is InChI=1S/C22H26N2O3S/c1-17(2)24(3)28(25,26)21-12-9-18(10-13-21)15-23-16-20-11-14-22(27-20)19-7-5-4-6-8-19/h4-14,17,23H,15-16H2,1-3H3. The molecule has 0 aliphatic heterocycles. The minimum Gasteiger partial charge on any atom is -0.460 e. The molecule has 1 aromatic heterocycles. The fraction of sp³-hybridized carbons (Fsp3) is 0.273. The van der Waals surface area contributed by atoms with Gasteiger partial charge >= 0.3 is 0 Å². The average molecular weight is 399 g/mol. The smallest absolute Gasteiger partial charge is 0.243 e. The van der Waals surface area contributed by atoms with Crippen molar-refractivity contribution in [2.45, 2.75) is 37.9 Å². The Morgan fingerprint density at radius 3 is 2.25 bits per heavy atom. The predicted molar refractivity (Wildman–Crippen MR) is 111 cm³/mol. The van der Waals surface area contributed by atoms with E-state index in [9.17, 15) is 8.42 Å². The van der Waals surface area contributed by atoms with Gasteiger partial charge in [-0.1, -0.05) is 42.5 Å². The molecule has 3 rings (SSSR count). The number of nitrogens with zero attached hydrogens (tertiary/aromatic N) is 1. The summed E-state index contributed by atoms with van der Waals surface area (Å²) in [5.41, 5.74) is 2.07. The van der Waals surface area contributed by atoms with Crippen LogP contribution in [-0.4, -0.2) is 25.8 Å². The maximum absolute atomic E-state index is 12.5. The zero-order valence-electron chi connectivity index (χ0n) is 16.4. The van der Waals surface area contributed by atoms with E-state index in [2.05, 4.69) is 5.32 Å². The lowest BCUT2D eigenvalue weighted by molar-refractivity contribution is 0.410. The molecule has 5 nitrogen and oxygen atoms in total. The monoisotopic (exact) mass is 398 g/mol. The van der Waals surface area contributed by atoms with Gasteiger partial charge in [0.1, 0.15) is 11.5 Å². The van der Waals surface area contributed by atoms with Crippen molar-refractivity contribution in [1.82, 2.24) is 9.62 Å². The summed E-state index contributed by atoms with van der Waals surface area (Å²) in [5.74, 6) is 1.71. The zero-order valence-corrected chi connectivity index (χ0v) is 17.2. The van der Waals surface area contributed by atoms with Gasteiger partial charge < -0.3 is 9.73 Å². The molecule has 1 heterocycles. The van der Waals surface area contributed by atoms with E-state index in [1.54, 1.807) is 19.2 Å². The SMILES string of the molecule is CC(C)N(C)S(=O)(=O)c1ccc(CNCc2ccc(-c3ccccc3)o2)cc1. The van der Waals surface area contributed by atoms with Crippen LogP contribution in [0.4, 0.5) is 0 Å². The number of nitrogens with one attached hydrogen (secondary N) is 1. The van der Waals surface area contributed by atoms with Crippen molar-refractivity contribution >= 4 is 10.0 Å². The van der Waals surface area contributed by atoms with Crippen LogP contribution in [0, 0.1) is 0 Å². The molecule has 0 fully saturated rings. The molecule has 6 heteroatoms. The minimum atomic E-state index is -3.44. The van der Waals surface area contributed by atoms with Crippen LogP contribution >= 0.6 is 0 Å². The number of benzene rings is 2. The van der Waals surface area contributed by atoms with Gasteiger partial charge in [-0.25, -0.2) is 8.42 Å². The number of sulfonamides is 1. The van der Waals surface area contributed by atoms with Crippen LogP contribution in [0.2, 0.25) is 0 Å². The van der Waals surface area contributed by atoms with Gasteiger partial charge in [-0.05, 0) is 43.7 Å². The minimum absolute atomic E-state index is 0.0829. The number of rotatable bonds is 8. The van der Waals surface area contributed by atoms with E-state index in [-0.39, 0.29) is 6.04 Å². The Bertz CT molecular complexity index is 994. The molecule has 0 aliphatic carbocycles. The van der Waals surface area contributed by atoms with Crippen LogP contribution in [0.1, 0.15) is 25.2 Å². The van der Waals surface area contributed by atoms with Crippen molar-refractivity contribution in [3.05, 3.63) is 78.1 Å². The molecule has 0 spiro atoms. The van der Waals surface area contributed by atoms with Gasteiger partial charge in [-0.15, -0.1) is 0 Å². The lowest BCUT2D eigenvalue weighted by Gasteiger charge is -2.21. The first-order valence-electron chi connectivity index (χ1n) is 9.30. The van der Waals surface area contributed by atoms with Crippen LogP contribution in [0.25, 0.3) is 11.3 Å². The fourth-order valence-corrected chi connectivity index (χ4v) is 4.15. The zero-order chi connectivity index (χ0) is 20.1. The third-order valence-electron chi connectivity index (χ3n) is 4.68. The topological polar surface area (TPSA) is 62.6 Å². The molecular weight excluding hydrogens is 372 g/mol. The summed E-state index contributed by atoms with van der Waals surface area (Å²) in [5, 5.41) is 3.33.